The van der Waals surface area contributed by atoms with E-state index in [1.165, 1.54) is 13.0 Å². The Balaban J connectivity index is 2.65. The van der Waals surface area contributed by atoms with Crippen LogP contribution in [0.4, 0.5) is 14.5 Å². The second kappa shape index (κ2) is 6.34. The molecule has 0 aliphatic heterocycles. The van der Waals surface area contributed by atoms with Gasteiger partial charge in [-0.25, -0.2) is 8.78 Å². The molecule has 1 amide bonds. The van der Waals surface area contributed by atoms with Crippen molar-refractivity contribution in [2.45, 2.75) is 6.92 Å². The van der Waals surface area contributed by atoms with Crippen molar-refractivity contribution in [3.8, 4) is 0 Å². The molecule has 1 aromatic carbocycles. The number of carbonyl (C=O) groups is 2. The highest BCUT2D eigenvalue weighted by Gasteiger charge is 2.14. The van der Waals surface area contributed by atoms with Gasteiger partial charge in [0.25, 0.3) is 0 Å². The first-order chi connectivity index (χ1) is 8.41. The summed E-state index contributed by atoms with van der Waals surface area (Å²) in [6.07, 6.45) is 0. The minimum atomic E-state index is -1.05. The van der Waals surface area contributed by atoms with Gasteiger partial charge in [-0.05, 0) is 18.6 Å². The minimum absolute atomic E-state index is 0.181. The molecule has 0 fully saturated rings. The van der Waals surface area contributed by atoms with Crippen LogP contribution >= 0.6 is 11.8 Å². The largest absolute Gasteiger partial charge is 0.481 e. The summed E-state index contributed by atoms with van der Waals surface area (Å²) in [4.78, 5) is 21.6. The number of aliphatic carboxylic acids is 1. The summed E-state index contributed by atoms with van der Waals surface area (Å²) in [6.45, 7) is 1.45. The number of benzene rings is 1. The highest BCUT2D eigenvalue weighted by atomic mass is 32.2. The molecule has 0 aliphatic carbocycles. The SMILES string of the molecule is Cc1ccc(F)c(NC(=O)CSCC(=O)O)c1F. The van der Waals surface area contributed by atoms with E-state index in [-0.39, 0.29) is 17.1 Å². The standard InChI is InChI=1S/C11H11F2NO3S/c1-6-2-3-7(12)11(10(6)13)14-8(15)4-18-5-9(16)17/h2-3H,4-5H2,1H3,(H,14,15)(H,16,17). The molecule has 0 spiro atoms. The molecule has 0 aromatic heterocycles. The maximum absolute atomic E-state index is 13.5. The number of carboxylic acids is 1. The van der Waals surface area contributed by atoms with E-state index in [1.807, 2.05) is 0 Å². The third-order valence-corrected chi connectivity index (χ3v) is 2.92. The van der Waals surface area contributed by atoms with Crippen LogP contribution in [0.15, 0.2) is 12.1 Å². The monoisotopic (exact) mass is 275 g/mol. The van der Waals surface area contributed by atoms with Crippen molar-refractivity contribution in [1.82, 2.24) is 0 Å². The first-order valence-electron chi connectivity index (χ1n) is 4.95. The molecule has 0 aliphatic rings. The van der Waals surface area contributed by atoms with E-state index >= 15 is 0 Å². The molecule has 2 N–H and O–H groups in total. The van der Waals surface area contributed by atoms with Crippen LogP contribution < -0.4 is 5.32 Å². The average Bonchev–Trinajstić information content (AvgIpc) is 2.29. The smallest absolute Gasteiger partial charge is 0.313 e. The summed E-state index contributed by atoms with van der Waals surface area (Å²) in [5.41, 5.74) is -0.291. The van der Waals surface area contributed by atoms with Crippen molar-refractivity contribution < 1.29 is 23.5 Å². The lowest BCUT2D eigenvalue weighted by Gasteiger charge is -2.08. The van der Waals surface area contributed by atoms with Gasteiger partial charge in [-0.1, -0.05) is 6.07 Å². The Kier molecular flexibility index (Phi) is 5.08. The van der Waals surface area contributed by atoms with Crippen LogP contribution in [-0.4, -0.2) is 28.5 Å². The number of nitrogens with one attached hydrogen (secondary N) is 1. The zero-order valence-corrected chi connectivity index (χ0v) is 10.3. The molecule has 1 rings (SSSR count). The predicted octanol–water partition coefficient (Wildman–Crippen LogP) is 2.03. The maximum atomic E-state index is 13.5. The van der Waals surface area contributed by atoms with Crippen molar-refractivity contribution in [1.29, 1.82) is 0 Å². The molecule has 0 saturated carbocycles. The summed E-state index contributed by atoms with van der Waals surface area (Å²) in [6, 6.07) is 2.32. The van der Waals surface area contributed by atoms with E-state index < -0.39 is 29.2 Å². The zero-order valence-electron chi connectivity index (χ0n) is 9.50. The van der Waals surface area contributed by atoms with E-state index in [9.17, 15) is 18.4 Å². The number of hydrogen-bond acceptors (Lipinski definition) is 3. The van der Waals surface area contributed by atoms with Gasteiger partial charge in [0, 0.05) is 0 Å². The Morgan fingerprint density at radius 3 is 2.61 bits per heavy atom. The molecule has 7 heteroatoms. The molecule has 98 valence electrons. The number of hydrogen-bond donors (Lipinski definition) is 2. The van der Waals surface area contributed by atoms with Gasteiger partial charge >= 0.3 is 5.97 Å². The van der Waals surface area contributed by atoms with Crippen molar-refractivity contribution in [3.05, 3.63) is 29.3 Å². The summed E-state index contributed by atoms with van der Waals surface area (Å²) >= 11 is 0.848. The van der Waals surface area contributed by atoms with Crippen LogP contribution in [0.5, 0.6) is 0 Å². The third kappa shape index (κ3) is 3.99. The van der Waals surface area contributed by atoms with E-state index in [0.29, 0.717) is 0 Å². The molecule has 0 heterocycles. The van der Waals surface area contributed by atoms with Gasteiger partial charge in [-0.3, -0.25) is 9.59 Å². The second-order valence-corrected chi connectivity index (χ2v) is 4.47. The van der Waals surface area contributed by atoms with Crippen LogP contribution in [0.2, 0.25) is 0 Å². The van der Waals surface area contributed by atoms with Crippen molar-refractivity contribution in [2.75, 3.05) is 16.8 Å². The Morgan fingerprint density at radius 2 is 2.00 bits per heavy atom. The van der Waals surface area contributed by atoms with Gasteiger partial charge in [0.05, 0.1) is 11.5 Å². The van der Waals surface area contributed by atoms with E-state index in [0.717, 1.165) is 17.8 Å². The summed E-state index contributed by atoms with van der Waals surface area (Å²) in [5.74, 6) is -3.82. The highest BCUT2D eigenvalue weighted by molar-refractivity contribution is 8.00. The number of carbonyl (C=O) groups excluding carboxylic acids is 1. The highest BCUT2D eigenvalue weighted by Crippen LogP contribution is 2.21. The Bertz CT molecular complexity index is 480. The van der Waals surface area contributed by atoms with E-state index in [4.69, 9.17) is 5.11 Å². The molecule has 0 radical (unpaired) electrons. The first-order valence-corrected chi connectivity index (χ1v) is 6.11. The predicted molar refractivity (Wildman–Crippen MR) is 64.7 cm³/mol. The summed E-state index contributed by atoms with van der Waals surface area (Å²) < 4.78 is 26.8. The first kappa shape index (κ1) is 14.4. The maximum Gasteiger partial charge on any atom is 0.313 e. The lowest BCUT2D eigenvalue weighted by molar-refractivity contribution is -0.133. The number of anilines is 1. The number of carboxylic acid groups (broad SMARTS) is 1. The van der Waals surface area contributed by atoms with Crippen molar-refractivity contribution in [3.63, 3.8) is 0 Å². The van der Waals surface area contributed by atoms with Gasteiger partial charge < -0.3 is 10.4 Å². The number of aryl methyl sites for hydroxylation is 1. The van der Waals surface area contributed by atoms with E-state index in [1.54, 1.807) is 0 Å². The quantitative estimate of drug-likeness (QED) is 0.863. The topological polar surface area (TPSA) is 66.4 Å². The van der Waals surface area contributed by atoms with Crippen molar-refractivity contribution >= 4 is 29.3 Å². The van der Waals surface area contributed by atoms with Gasteiger partial charge in [-0.2, -0.15) is 0 Å². The fourth-order valence-corrected chi connectivity index (χ4v) is 1.71. The molecular formula is C11H11F2NO3S. The molecule has 0 unspecified atom stereocenters. The average molecular weight is 275 g/mol. The van der Waals surface area contributed by atoms with Crippen LogP contribution in [-0.2, 0) is 9.59 Å². The fourth-order valence-electron chi connectivity index (χ4n) is 1.18. The van der Waals surface area contributed by atoms with Gasteiger partial charge in [0.2, 0.25) is 5.91 Å². The number of thioether (sulfide) groups is 1. The zero-order chi connectivity index (χ0) is 13.7. The Hall–Kier alpha value is -1.63. The fraction of sp³-hybridized carbons (Fsp3) is 0.273. The lowest BCUT2D eigenvalue weighted by Crippen LogP contribution is -2.17. The molecular weight excluding hydrogens is 264 g/mol. The molecule has 18 heavy (non-hydrogen) atoms. The van der Waals surface area contributed by atoms with Crippen LogP contribution in [0, 0.1) is 18.6 Å². The van der Waals surface area contributed by atoms with Gasteiger partial charge in [0.15, 0.2) is 5.82 Å². The third-order valence-electron chi connectivity index (χ3n) is 2.01. The minimum Gasteiger partial charge on any atom is -0.481 e. The molecule has 1 aromatic rings. The summed E-state index contributed by atoms with van der Waals surface area (Å²) in [7, 11) is 0. The Labute approximate surface area is 106 Å². The van der Waals surface area contributed by atoms with Gasteiger partial charge in [0.1, 0.15) is 11.5 Å². The second-order valence-electron chi connectivity index (χ2n) is 3.49. The number of rotatable bonds is 5. The normalized spacial score (nSPS) is 10.2. The van der Waals surface area contributed by atoms with E-state index in [2.05, 4.69) is 5.32 Å². The molecule has 0 saturated heterocycles. The number of amides is 1. The Morgan fingerprint density at radius 1 is 1.33 bits per heavy atom. The number of halogens is 2. The van der Waals surface area contributed by atoms with Crippen molar-refractivity contribution in [2.24, 2.45) is 0 Å². The van der Waals surface area contributed by atoms with Crippen LogP contribution in [0.25, 0.3) is 0 Å². The van der Waals surface area contributed by atoms with Crippen LogP contribution in [0.1, 0.15) is 5.56 Å². The molecule has 0 atom stereocenters. The van der Waals surface area contributed by atoms with Gasteiger partial charge in [-0.15, -0.1) is 11.8 Å². The van der Waals surface area contributed by atoms with Crippen LogP contribution in [0.3, 0.4) is 0 Å². The lowest BCUT2D eigenvalue weighted by atomic mass is 10.2. The molecule has 0 bridgehead atoms. The molecule has 4 nitrogen and oxygen atoms in total. The summed E-state index contributed by atoms with van der Waals surface area (Å²) in [5, 5.41) is 10.5.